The number of fused-ring (bicyclic) bond motifs is 1. The third kappa shape index (κ3) is 3.26. The predicted octanol–water partition coefficient (Wildman–Crippen LogP) is 3.45. The summed E-state index contributed by atoms with van der Waals surface area (Å²) in [7, 11) is 1.97. The fourth-order valence-corrected chi connectivity index (χ4v) is 4.11. The number of hydrogen-bond acceptors (Lipinski definition) is 2. The van der Waals surface area contributed by atoms with Crippen molar-refractivity contribution < 1.29 is 4.79 Å². The summed E-state index contributed by atoms with van der Waals surface area (Å²) in [4.78, 5) is 17.6. The van der Waals surface area contributed by atoms with Crippen molar-refractivity contribution in [1.29, 1.82) is 0 Å². The Labute approximate surface area is 130 Å². The smallest absolute Gasteiger partial charge is 0.222 e. The molecule has 1 saturated heterocycles. The number of hydrogen-bond donors (Lipinski definition) is 1. The van der Waals surface area contributed by atoms with Gasteiger partial charge in [-0.15, -0.1) is 0 Å². The number of thioether (sulfide) groups is 1. The Morgan fingerprint density at radius 3 is 2.90 bits per heavy atom. The summed E-state index contributed by atoms with van der Waals surface area (Å²) in [6.45, 7) is 0. The van der Waals surface area contributed by atoms with Crippen LogP contribution in [0.4, 0.5) is 0 Å². The molecule has 0 unspecified atom stereocenters. The van der Waals surface area contributed by atoms with Gasteiger partial charge in [-0.3, -0.25) is 4.79 Å². The number of amides is 1. The molecule has 0 aliphatic carbocycles. The highest BCUT2D eigenvalue weighted by atomic mass is 32.2. The number of aromatic amines is 1. The SMILES string of the molecule is CN(C(=O)CCc1c[nH]c2ccccc12)C1CCSCC1. The van der Waals surface area contributed by atoms with Gasteiger partial charge in [0.05, 0.1) is 0 Å². The minimum Gasteiger partial charge on any atom is -0.361 e. The number of carbonyl (C=O) groups excluding carboxylic acids is 1. The van der Waals surface area contributed by atoms with Crippen molar-refractivity contribution in [3.8, 4) is 0 Å². The molecule has 3 rings (SSSR count). The van der Waals surface area contributed by atoms with Crippen LogP contribution in [0.2, 0.25) is 0 Å². The van der Waals surface area contributed by atoms with Crippen LogP contribution in [0.25, 0.3) is 10.9 Å². The van der Waals surface area contributed by atoms with E-state index in [1.807, 2.05) is 42.0 Å². The molecule has 1 aliphatic rings. The van der Waals surface area contributed by atoms with Gasteiger partial charge in [-0.25, -0.2) is 0 Å². The zero-order valence-electron chi connectivity index (χ0n) is 12.5. The number of aryl methyl sites for hydroxylation is 1. The van der Waals surface area contributed by atoms with Crippen LogP contribution in [-0.4, -0.2) is 40.4 Å². The first-order chi connectivity index (χ1) is 10.3. The van der Waals surface area contributed by atoms with Gasteiger partial charge in [0.1, 0.15) is 0 Å². The number of para-hydroxylation sites is 1. The molecule has 0 radical (unpaired) electrons. The Hall–Kier alpha value is -1.42. The molecule has 1 aliphatic heterocycles. The second kappa shape index (κ2) is 6.56. The molecule has 2 aromatic rings. The predicted molar refractivity (Wildman–Crippen MR) is 89.7 cm³/mol. The number of rotatable bonds is 4. The third-order valence-corrected chi connectivity index (χ3v) is 5.46. The lowest BCUT2D eigenvalue weighted by molar-refractivity contribution is -0.132. The van der Waals surface area contributed by atoms with E-state index in [-0.39, 0.29) is 5.91 Å². The third-order valence-electron chi connectivity index (χ3n) is 4.42. The van der Waals surface area contributed by atoms with E-state index in [0.717, 1.165) is 24.8 Å². The second-order valence-electron chi connectivity index (χ2n) is 5.71. The molecule has 1 aromatic carbocycles. The Bertz CT molecular complexity index is 616. The first kappa shape index (κ1) is 14.5. The molecule has 4 heteroatoms. The maximum Gasteiger partial charge on any atom is 0.222 e. The normalized spacial score (nSPS) is 16.2. The summed E-state index contributed by atoms with van der Waals surface area (Å²) in [5.41, 5.74) is 2.39. The molecule has 0 atom stereocenters. The molecule has 0 saturated carbocycles. The molecule has 112 valence electrons. The van der Waals surface area contributed by atoms with Gasteiger partial charge in [0, 0.05) is 36.6 Å². The lowest BCUT2D eigenvalue weighted by atomic mass is 10.1. The molecule has 1 N–H and O–H groups in total. The standard InChI is InChI=1S/C17H22N2OS/c1-19(14-8-10-21-11-9-14)17(20)7-6-13-12-18-16-5-3-2-4-15(13)16/h2-5,12,14,18H,6-11H2,1H3. The highest BCUT2D eigenvalue weighted by molar-refractivity contribution is 7.99. The van der Waals surface area contributed by atoms with Gasteiger partial charge in [-0.05, 0) is 42.4 Å². The van der Waals surface area contributed by atoms with Crippen molar-refractivity contribution in [2.24, 2.45) is 0 Å². The van der Waals surface area contributed by atoms with E-state index >= 15 is 0 Å². The quantitative estimate of drug-likeness (QED) is 0.939. The lowest BCUT2D eigenvalue weighted by Crippen LogP contribution is -2.39. The molecule has 1 aromatic heterocycles. The summed E-state index contributed by atoms with van der Waals surface area (Å²) in [5.74, 6) is 2.65. The topological polar surface area (TPSA) is 36.1 Å². The first-order valence-corrected chi connectivity index (χ1v) is 8.79. The average Bonchev–Trinajstić information content (AvgIpc) is 2.96. The summed E-state index contributed by atoms with van der Waals surface area (Å²) >= 11 is 2.00. The summed E-state index contributed by atoms with van der Waals surface area (Å²) in [6.07, 6.45) is 5.73. The van der Waals surface area contributed by atoms with Crippen molar-refractivity contribution in [3.63, 3.8) is 0 Å². The molecule has 1 fully saturated rings. The number of aromatic nitrogens is 1. The molecule has 3 nitrogen and oxygen atoms in total. The Morgan fingerprint density at radius 2 is 2.10 bits per heavy atom. The first-order valence-electron chi connectivity index (χ1n) is 7.64. The summed E-state index contributed by atoms with van der Waals surface area (Å²) in [6, 6.07) is 8.72. The molecule has 21 heavy (non-hydrogen) atoms. The van der Waals surface area contributed by atoms with Gasteiger partial charge in [0.2, 0.25) is 5.91 Å². The average molecular weight is 302 g/mol. The largest absolute Gasteiger partial charge is 0.361 e. The van der Waals surface area contributed by atoms with Crippen LogP contribution in [-0.2, 0) is 11.2 Å². The highest BCUT2D eigenvalue weighted by Gasteiger charge is 2.22. The van der Waals surface area contributed by atoms with Crippen molar-refractivity contribution in [3.05, 3.63) is 36.0 Å². The minimum absolute atomic E-state index is 0.275. The Balaban J connectivity index is 1.60. The maximum absolute atomic E-state index is 12.4. The van der Waals surface area contributed by atoms with Crippen LogP contribution in [0, 0.1) is 0 Å². The fraction of sp³-hybridized carbons (Fsp3) is 0.471. The maximum atomic E-state index is 12.4. The van der Waals surface area contributed by atoms with Crippen LogP contribution in [0.1, 0.15) is 24.8 Å². The van der Waals surface area contributed by atoms with Gasteiger partial charge in [-0.2, -0.15) is 11.8 Å². The number of H-pyrrole nitrogens is 1. The zero-order valence-corrected chi connectivity index (χ0v) is 13.3. The van der Waals surface area contributed by atoms with Crippen molar-refractivity contribution >= 4 is 28.6 Å². The molecule has 2 heterocycles. The second-order valence-corrected chi connectivity index (χ2v) is 6.93. The van der Waals surface area contributed by atoms with Crippen LogP contribution >= 0.6 is 11.8 Å². The van der Waals surface area contributed by atoms with E-state index in [1.165, 1.54) is 22.5 Å². The van der Waals surface area contributed by atoms with E-state index in [0.29, 0.717) is 12.5 Å². The van der Waals surface area contributed by atoms with Crippen LogP contribution in [0.3, 0.4) is 0 Å². The Morgan fingerprint density at radius 1 is 1.33 bits per heavy atom. The number of nitrogens with zero attached hydrogens (tertiary/aromatic N) is 1. The van der Waals surface area contributed by atoms with Gasteiger partial charge in [-0.1, -0.05) is 18.2 Å². The number of carbonyl (C=O) groups is 1. The highest BCUT2D eigenvalue weighted by Crippen LogP contribution is 2.23. The van der Waals surface area contributed by atoms with E-state index in [2.05, 4.69) is 17.1 Å². The molecular formula is C17H22N2OS. The lowest BCUT2D eigenvalue weighted by Gasteiger charge is -2.31. The monoisotopic (exact) mass is 302 g/mol. The molecular weight excluding hydrogens is 280 g/mol. The van der Waals surface area contributed by atoms with Crippen LogP contribution < -0.4 is 0 Å². The van der Waals surface area contributed by atoms with Crippen LogP contribution in [0.5, 0.6) is 0 Å². The molecule has 0 bridgehead atoms. The molecule has 1 amide bonds. The minimum atomic E-state index is 0.275. The fourth-order valence-electron chi connectivity index (χ4n) is 3.03. The van der Waals surface area contributed by atoms with Gasteiger partial charge in [0.25, 0.3) is 0 Å². The van der Waals surface area contributed by atoms with E-state index in [1.54, 1.807) is 0 Å². The zero-order chi connectivity index (χ0) is 14.7. The van der Waals surface area contributed by atoms with E-state index in [9.17, 15) is 4.79 Å². The van der Waals surface area contributed by atoms with Crippen LogP contribution in [0.15, 0.2) is 30.5 Å². The Kier molecular flexibility index (Phi) is 4.54. The van der Waals surface area contributed by atoms with E-state index in [4.69, 9.17) is 0 Å². The number of nitrogens with one attached hydrogen (secondary N) is 1. The van der Waals surface area contributed by atoms with Gasteiger partial charge < -0.3 is 9.88 Å². The summed E-state index contributed by atoms with van der Waals surface area (Å²) < 4.78 is 0. The summed E-state index contributed by atoms with van der Waals surface area (Å²) in [5, 5.41) is 1.24. The van der Waals surface area contributed by atoms with Gasteiger partial charge >= 0.3 is 0 Å². The van der Waals surface area contributed by atoms with Crippen molar-refractivity contribution in [2.75, 3.05) is 18.6 Å². The van der Waals surface area contributed by atoms with Gasteiger partial charge in [0.15, 0.2) is 0 Å². The van der Waals surface area contributed by atoms with Crippen molar-refractivity contribution in [2.45, 2.75) is 31.7 Å². The van der Waals surface area contributed by atoms with Crippen molar-refractivity contribution in [1.82, 2.24) is 9.88 Å². The number of benzene rings is 1. The van der Waals surface area contributed by atoms with E-state index < -0.39 is 0 Å². The molecule has 0 spiro atoms.